The zero-order chi connectivity index (χ0) is 23.1. The highest BCUT2D eigenvalue weighted by Crippen LogP contribution is 2.35. The van der Waals surface area contributed by atoms with Gasteiger partial charge in [0, 0.05) is 11.4 Å². The summed E-state index contributed by atoms with van der Waals surface area (Å²) in [5.41, 5.74) is 1.66. The number of thioether (sulfide) groups is 1. The van der Waals surface area contributed by atoms with Gasteiger partial charge in [0.15, 0.2) is 5.16 Å². The van der Waals surface area contributed by atoms with Crippen molar-refractivity contribution in [2.45, 2.75) is 50.1 Å². The van der Waals surface area contributed by atoms with Crippen LogP contribution in [0, 0.1) is 0 Å². The van der Waals surface area contributed by atoms with Gasteiger partial charge in [-0.1, -0.05) is 18.7 Å². The van der Waals surface area contributed by atoms with Crippen molar-refractivity contribution in [2.24, 2.45) is 0 Å². The number of carbonyl (C=O) groups is 1. The molecule has 10 heteroatoms. The topological polar surface area (TPSA) is 107 Å². The highest BCUT2D eigenvalue weighted by atomic mass is 32.2. The molecule has 0 amide bonds. The summed E-state index contributed by atoms with van der Waals surface area (Å²) < 4.78 is 6.50. The maximum absolute atomic E-state index is 13.3. The van der Waals surface area contributed by atoms with Crippen molar-refractivity contribution in [1.82, 2.24) is 19.5 Å². The average molecular weight is 483 g/mol. The number of aromatic amines is 1. The first kappa shape index (κ1) is 21.8. The van der Waals surface area contributed by atoms with E-state index >= 15 is 0 Å². The van der Waals surface area contributed by atoms with Crippen molar-refractivity contribution in [3.8, 4) is 0 Å². The van der Waals surface area contributed by atoms with E-state index in [1.54, 1.807) is 34.1 Å². The molecule has 0 fully saturated rings. The molecule has 170 valence electrons. The first-order valence-electron chi connectivity index (χ1n) is 10.8. The molecule has 1 aliphatic carbocycles. The highest BCUT2D eigenvalue weighted by molar-refractivity contribution is 7.98. The second-order valence-electron chi connectivity index (χ2n) is 7.91. The van der Waals surface area contributed by atoms with E-state index in [1.807, 2.05) is 6.92 Å². The summed E-state index contributed by atoms with van der Waals surface area (Å²) in [7, 11) is 1.31. The predicted octanol–water partition coefficient (Wildman–Crippen LogP) is 3.67. The number of H-pyrrole nitrogens is 1. The maximum atomic E-state index is 13.3. The number of methoxy groups -OCH3 is 1. The van der Waals surface area contributed by atoms with Crippen LogP contribution in [0.2, 0.25) is 0 Å². The van der Waals surface area contributed by atoms with Crippen LogP contribution in [0.4, 0.5) is 0 Å². The maximum Gasteiger partial charge on any atom is 0.337 e. The van der Waals surface area contributed by atoms with E-state index in [9.17, 15) is 14.4 Å². The number of benzene rings is 1. The van der Waals surface area contributed by atoms with Crippen LogP contribution in [0.5, 0.6) is 0 Å². The van der Waals surface area contributed by atoms with E-state index < -0.39 is 5.97 Å². The molecule has 8 nitrogen and oxygen atoms in total. The lowest BCUT2D eigenvalue weighted by molar-refractivity contribution is 0.0601. The smallest absolute Gasteiger partial charge is 0.337 e. The third-order valence-corrected chi connectivity index (χ3v) is 7.93. The zero-order valence-corrected chi connectivity index (χ0v) is 19.9. The fraction of sp³-hybridized carbons (Fsp3) is 0.348. The van der Waals surface area contributed by atoms with Gasteiger partial charge in [-0.15, -0.1) is 11.3 Å². The molecule has 1 aromatic carbocycles. The monoisotopic (exact) mass is 482 g/mol. The third-order valence-electron chi connectivity index (χ3n) is 5.75. The summed E-state index contributed by atoms with van der Waals surface area (Å²) >= 11 is 3.00. The van der Waals surface area contributed by atoms with Crippen LogP contribution >= 0.6 is 23.1 Å². The highest BCUT2D eigenvalue weighted by Gasteiger charge is 2.23. The normalized spacial score (nSPS) is 13.0. The Bertz CT molecular complexity index is 1520. The molecule has 3 heterocycles. The summed E-state index contributed by atoms with van der Waals surface area (Å²) in [4.78, 5) is 52.0. The number of rotatable bonds is 6. The summed E-state index contributed by atoms with van der Waals surface area (Å²) in [6.07, 6.45) is 3.87. The quantitative estimate of drug-likeness (QED) is 0.254. The van der Waals surface area contributed by atoms with E-state index in [4.69, 9.17) is 9.72 Å². The molecule has 0 atom stereocenters. The van der Waals surface area contributed by atoms with E-state index in [-0.39, 0.29) is 11.1 Å². The van der Waals surface area contributed by atoms with Crippen molar-refractivity contribution in [3.63, 3.8) is 0 Å². The van der Waals surface area contributed by atoms with Crippen molar-refractivity contribution < 1.29 is 9.53 Å². The lowest BCUT2D eigenvalue weighted by Crippen LogP contribution is -2.23. The zero-order valence-electron chi connectivity index (χ0n) is 18.3. The number of nitrogens with zero attached hydrogens (tertiary/aromatic N) is 3. The number of thiophene rings is 1. The minimum absolute atomic E-state index is 0.0198. The summed E-state index contributed by atoms with van der Waals surface area (Å²) in [5.74, 6) is 0.296. The van der Waals surface area contributed by atoms with Gasteiger partial charge < -0.3 is 9.72 Å². The number of nitrogens with one attached hydrogen (secondary N) is 1. The van der Waals surface area contributed by atoms with Gasteiger partial charge in [-0.05, 0) is 49.4 Å². The molecule has 1 aliphatic rings. The van der Waals surface area contributed by atoms with Crippen LogP contribution in [0.3, 0.4) is 0 Å². The predicted molar refractivity (Wildman–Crippen MR) is 129 cm³/mol. The van der Waals surface area contributed by atoms with Gasteiger partial charge in [-0.25, -0.2) is 14.8 Å². The minimum atomic E-state index is -0.487. The summed E-state index contributed by atoms with van der Waals surface area (Å²) in [5, 5.41) is 1.80. The summed E-state index contributed by atoms with van der Waals surface area (Å²) in [6, 6.07) is 4.66. The van der Waals surface area contributed by atoms with Gasteiger partial charge in [-0.3, -0.25) is 14.2 Å². The Labute approximate surface area is 197 Å². The minimum Gasteiger partial charge on any atom is -0.465 e. The molecule has 5 rings (SSSR count). The second-order valence-corrected chi connectivity index (χ2v) is 9.94. The van der Waals surface area contributed by atoms with E-state index in [2.05, 4.69) is 9.97 Å². The van der Waals surface area contributed by atoms with Crippen LogP contribution in [0.15, 0.2) is 32.9 Å². The molecule has 0 unspecified atom stereocenters. The molecule has 0 saturated carbocycles. The lowest BCUT2D eigenvalue weighted by Gasteiger charge is -2.11. The molecule has 33 heavy (non-hydrogen) atoms. The number of ether oxygens (including phenoxy) is 1. The third kappa shape index (κ3) is 3.87. The van der Waals surface area contributed by atoms with Gasteiger partial charge in [0.2, 0.25) is 0 Å². The molecular formula is C23H22N4O4S2. The number of hydrogen-bond acceptors (Lipinski definition) is 8. The van der Waals surface area contributed by atoms with Gasteiger partial charge in [0.1, 0.15) is 10.7 Å². The molecule has 0 spiro atoms. The van der Waals surface area contributed by atoms with Gasteiger partial charge >= 0.3 is 5.97 Å². The van der Waals surface area contributed by atoms with Crippen LogP contribution in [0.25, 0.3) is 21.1 Å². The van der Waals surface area contributed by atoms with E-state index in [0.29, 0.717) is 39.7 Å². The van der Waals surface area contributed by atoms with Crippen molar-refractivity contribution in [3.05, 3.63) is 60.7 Å². The number of esters is 1. The van der Waals surface area contributed by atoms with Crippen molar-refractivity contribution in [1.29, 1.82) is 0 Å². The average Bonchev–Trinajstić information content (AvgIpc) is 3.40. The molecular weight excluding hydrogens is 460 g/mol. The molecule has 3 aromatic heterocycles. The van der Waals surface area contributed by atoms with Crippen LogP contribution in [0.1, 0.15) is 46.4 Å². The van der Waals surface area contributed by atoms with Gasteiger partial charge in [0.05, 0.1) is 34.7 Å². The number of carbonyl (C=O) groups excluding carboxylic acids is 1. The Hall–Kier alpha value is -2.98. The first-order chi connectivity index (χ1) is 16.0. The second kappa shape index (κ2) is 8.75. The fourth-order valence-electron chi connectivity index (χ4n) is 4.22. The molecule has 0 bridgehead atoms. The van der Waals surface area contributed by atoms with Crippen LogP contribution < -0.4 is 11.1 Å². The molecule has 0 radical (unpaired) electrons. The van der Waals surface area contributed by atoms with Crippen LogP contribution in [-0.4, -0.2) is 32.6 Å². The van der Waals surface area contributed by atoms with E-state index in [0.717, 1.165) is 35.9 Å². The number of aryl methyl sites for hydroxylation is 2. The Morgan fingerprint density at radius 2 is 2.12 bits per heavy atom. The largest absolute Gasteiger partial charge is 0.465 e. The van der Waals surface area contributed by atoms with E-state index in [1.165, 1.54) is 29.3 Å². The number of aromatic nitrogens is 4. The lowest BCUT2D eigenvalue weighted by atomic mass is 10.1. The van der Waals surface area contributed by atoms with Gasteiger partial charge in [-0.2, -0.15) is 0 Å². The van der Waals surface area contributed by atoms with Gasteiger partial charge in [0.25, 0.3) is 11.1 Å². The van der Waals surface area contributed by atoms with Crippen LogP contribution in [-0.2, 0) is 29.9 Å². The van der Waals surface area contributed by atoms with Crippen molar-refractivity contribution >= 4 is 50.2 Å². The molecule has 0 saturated heterocycles. The van der Waals surface area contributed by atoms with Crippen molar-refractivity contribution in [2.75, 3.05) is 7.11 Å². The standard InChI is InChI=1S/C23H22N4O4S2/c1-3-9-27-21(29)18-14-5-4-6-16(14)33-20(18)26-23(27)32-11-17-24-15-10-12(22(30)31-2)7-8-13(15)19(28)25-17/h7-8,10H,3-6,9,11H2,1-2H3,(H,24,25,28). The first-order valence-corrected chi connectivity index (χ1v) is 12.6. The summed E-state index contributed by atoms with van der Waals surface area (Å²) in [6.45, 7) is 2.61. The molecule has 0 aliphatic heterocycles. The Morgan fingerprint density at radius 3 is 2.91 bits per heavy atom. The number of fused-ring (bicyclic) bond motifs is 4. The SMILES string of the molecule is CCCn1c(SCc2nc3cc(C(=O)OC)ccc3c(=O)[nH]2)nc2sc3c(c2c1=O)CCC3. The fourth-order valence-corrected chi connectivity index (χ4v) is 6.42. The molecule has 1 N–H and O–H groups in total. The Balaban J connectivity index is 1.51. The Morgan fingerprint density at radius 1 is 1.27 bits per heavy atom. The number of hydrogen-bond donors (Lipinski definition) is 1. The molecule has 4 aromatic rings. The Kier molecular flexibility index (Phi) is 5.79.